The number of aromatic nitrogens is 2. The van der Waals surface area contributed by atoms with E-state index in [1.165, 1.54) is 0 Å². The molecule has 1 aromatic heterocycles. The number of carbonyl (C=O) groups excluding carboxylic acids is 1. The summed E-state index contributed by atoms with van der Waals surface area (Å²) in [5, 5.41) is 16.2. The Morgan fingerprint density at radius 2 is 1.94 bits per heavy atom. The monoisotopic (exact) mass is 272 g/mol. The predicted molar refractivity (Wildman–Crippen MR) is 64.6 cm³/mol. The standard InChI is InChI=1S/C10H13ClN4O3/c11-7-8(12-13-9(7)15(17)18)10(16)14-5-3-1-2-4-6-14/h1-6H2,(H,12,13). The van der Waals surface area contributed by atoms with Gasteiger partial charge in [-0.25, -0.2) is 0 Å². The van der Waals surface area contributed by atoms with Gasteiger partial charge in [-0.05, 0) is 17.8 Å². The van der Waals surface area contributed by atoms with Gasteiger partial charge in [0.2, 0.25) is 0 Å². The minimum Gasteiger partial charge on any atom is -0.358 e. The van der Waals surface area contributed by atoms with Crippen LogP contribution in [0.5, 0.6) is 0 Å². The second kappa shape index (κ2) is 5.34. The van der Waals surface area contributed by atoms with Crippen LogP contribution in [0, 0.1) is 10.1 Å². The van der Waals surface area contributed by atoms with E-state index in [9.17, 15) is 14.9 Å². The molecule has 1 aliphatic heterocycles. The van der Waals surface area contributed by atoms with Crippen molar-refractivity contribution in [3.63, 3.8) is 0 Å². The van der Waals surface area contributed by atoms with Gasteiger partial charge in [-0.2, -0.15) is 0 Å². The fraction of sp³-hybridized carbons (Fsp3) is 0.600. The van der Waals surface area contributed by atoms with Gasteiger partial charge >= 0.3 is 5.82 Å². The fourth-order valence-corrected chi connectivity index (χ4v) is 2.24. The van der Waals surface area contributed by atoms with Gasteiger partial charge < -0.3 is 15.0 Å². The molecular formula is C10H13ClN4O3. The molecule has 1 saturated heterocycles. The Kier molecular flexibility index (Phi) is 3.81. The molecule has 0 unspecified atom stereocenters. The number of H-pyrrole nitrogens is 1. The number of hydrogen-bond acceptors (Lipinski definition) is 4. The second-order valence-corrected chi connectivity index (χ2v) is 4.58. The lowest BCUT2D eigenvalue weighted by molar-refractivity contribution is -0.389. The molecule has 1 aromatic rings. The highest BCUT2D eigenvalue weighted by molar-refractivity contribution is 6.35. The summed E-state index contributed by atoms with van der Waals surface area (Å²) in [7, 11) is 0. The van der Waals surface area contributed by atoms with E-state index in [-0.39, 0.29) is 16.6 Å². The minimum atomic E-state index is -0.686. The van der Waals surface area contributed by atoms with Gasteiger partial charge in [-0.1, -0.05) is 29.5 Å². The van der Waals surface area contributed by atoms with Crippen LogP contribution in [0.25, 0.3) is 0 Å². The molecular weight excluding hydrogens is 260 g/mol. The van der Waals surface area contributed by atoms with Crippen LogP contribution in [0.2, 0.25) is 5.02 Å². The van der Waals surface area contributed by atoms with E-state index < -0.39 is 10.7 Å². The third kappa shape index (κ3) is 2.45. The van der Waals surface area contributed by atoms with E-state index >= 15 is 0 Å². The van der Waals surface area contributed by atoms with Gasteiger partial charge in [0.1, 0.15) is 0 Å². The number of rotatable bonds is 2. The summed E-state index contributed by atoms with van der Waals surface area (Å²) in [6, 6.07) is 0. The molecule has 0 spiro atoms. The Hall–Kier alpha value is -1.63. The number of hydrogen-bond donors (Lipinski definition) is 1. The SMILES string of the molecule is O=C(c1n[nH]c([N+](=O)[O-])c1Cl)N1CCCCCC1. The number of likely N-dealkylation sites (tertiary alicyclic amines) is 1. The molecule has 2 heterocycles. The molecule has 0 atom stereocenters. The zero-order chi connectivity index (χ0) is 13.1. The molecule has 0 saturated carbocycles. The van der Waals surface area contributed by atoms with Gasteiger partial charge in [-0.15, -0.1) is 5.10 Å². The first kappa shape index (κ1) is 12.8. The molecule has 1 amide bonds. The largest absolute Gasteiger partial charge is 0.362 e. The van der Waals surface area contributed by atoms with Crippen LogP contribution >= 0.6 is 11.6 Å². The lowest BCUT2D eigenvalue weighted by atomic mass is 10.2. The third-order valence-electron chi connectivity index (χ3n) is 2.97. The summed E-state index contributed by atoms with van der Waals surface area (Å²) in [6.45, 7) is 1.30. The smallest absolute Gasteiger partial charge is 0.358 e. The number of nitro groups is 1. The van der Waals surface area contributed by atoms with Gasteiger partial charge in [0.05, 0.1) is 0 Å². The molecule has 0 bridgehead atoms. The molecule has 0 radical (unpaired) electrons. The summed E-state index contributed by atoms with van der Waals surface area (Å²) in [4.78, 5) is 23.7. The molecule has 0 aliphatic carbocycles. The first-order valence-corrected chi connectivity index (χ1v) is 6.16. The Morgan fingerprint density at radius 3 is 2.44 bits per heavy atom. The highest BCUT2D eigenvalue weighted by Crippen LogP contribution is 2.26. The van der Waals surface area contributed by atoms with Crippen molar-refractivity contribution >= 4 is 23.3 Å². The molecule has 1 aliphatic rings. The van der Waals surface area contributed by atoms with E-state index in [1.807, 2.05) is 0 Å². The van der Waals surface area contributed by atoms with Gasteiger partial charge in [0.15, 0.2) is 10.7 Å². The number of halogens is 1. The zero-order valence-corrected chi connectivity index (χ0v) is 10.4. The van der Waals surface area contributed by atoms with E-state index in [0.29, 0.717) is 13.1 Å². The highest BCUT2D eigenvalue weighted by Gasteiger charge is 2.28. The lowest BCUT2D eigenvalue weighted by Crippen LogP contribution is -2.32. The third-order valence-corrected chi connectivity index (χ3v) is 3.33. The van der Waals surface area contributed by atoms with Crippen LogP contribution in [0.4, 0.5) is 5.82 Å². The van der Waals surface area contributed by atoms with Crippen molar-refractivity contribution in [3.05, 3.63) is 20.8 Å². The van der Waals surface area contributed by atoms with Crippen LogP contribution in [0.3, 0.4) is 0 Å². The van der Waals surface area contributed by atoms with Crippen LogP contribution in [0.15, 0.2) is 0 Å². The van der Waals surface area contributed by atoms with Crippen molar-refractivity contribution in [3.8, 4) is 0 Å². The molecule has 18 heavy (non-hydrogen) atoms. The minimum absolute atomic E-state index is 0.0646. The average Bonchev–Trinajstić information content (AvgIpc) is 2.56. The molecule has 1 N–H and O–H groups in total. The average molecular weight is 273 g/mol. The molecule has 2 rings (SSSR count). The molecule has 1 fully saturated rings. The second-order valence-electron chi connectivity index (χ2n) is 4.20. The van der Waals surface area contributed by atoms with Crippen LogP contribution < -0.4 is 0 Å². The number of nitrogens with one attached hydrogen (secondary N) is 1. The van der Waals surface area contributed by atoms with Gasteiger partial charge in [0.25, 0.3) is 5.91 Å². The molecule has 8 heteroatoms. The molecule has 7 nitrogen and oxygen atoms in total. The maximum Gasteiger partial charge on any atom is 0.362 e. The van der Waals surface area contributed by atoms with E-state index in [4.69, 9.17) is 11.6 Å². The predicted octanol–water partition coefficient (Wildman–Crippen LogP) is 1.99. The zero-order valence-electron chi connectivity index (χ0n) is 9.69. The van der Waals surface area contributed by atoms with Crippen LogP contribution in [-0.2, 0) is 0 Å². The van der Waals surface area contributed by atoms with Gasteiger partial charge in [0, 0.05) is 13.1 Å². The number of amides is 1. The van der Waals surface area contributed by atoms with Crippen molar-refractivity contribution in [2.75, 3.05) is 13.1 Å². The van der Waals surface area contributed by atoms with Crippen LogP contribution in [-0.4, -0.2) is 39.0 Å². The molecule has 0 aromatic carbocycles. The normalized spacial score (nSPS) is 16.4. The maximum absolute atomic E-state index is 12.1. The first-order chi connectivity index (χ1) is 8.61. The summed E-state index contributed by atoms with van der Waals surface area (Å²) in [5.41, 5.74) is -0.0646. The Labute approximate surface area is 108 Å². The first-order valence-electron chi connectivity index (χ1n) is 5.79. The number of aromatic amines is 1. The Morgan fingerprint density at radius 1 is 1.33 bits per heavy atom. The topological polar surface area (TPSA) is 92.1 Å². The summed E-state index contributed by atoms with van der Waals surface area (Å²) in [6.07, 6.45) is 4.07. The van der Waals surface area contributed by atoms with Gasteiger partial charge in [-0.3, -0.25) is 4.79 Å². The molecule has 98 valence electrons. The lowest BCUT2D eigenvalue weighted by Gasteiger charge is -2.18. The van der Waals surface area contributed by atoms with E-state index in [1.54, 1.807) is 4.90 Å². The summed E-state index contributed by atoms with van der Waals surface area (Å²) < 4.78 is 0. The van der Waals surface area contributed by atoms with E-state index in [2.05, 4.69) is 10.2 Å². The van der Waals surface area contributed by atoms with Crippen molar-refractivity contribution in [1.29, 1.82) is 0 Å². The maximum atomic E-state index is 12.1. The van der Waals surface area contributed by atoms with Crippen molar-refractivity contribution in [2.24, 2.45) is 0 Å². The summed E-state index contributed by atoms with van der Waals surface area (Å²) in [5.74, 6) is -0.777. The Balaban J connectivity index is 2.20. The van der Waals surface area contributed by atoms with Crippen molar-refractivity contribution < 1.29 is 9.72 Å². The fourth-order valence-electron chi connectivity index (χ4n) is 2.01. The number of nitrogens with zero attached hydrogens (tertiary/aromatic N) is 3. The summed E-state index contributed by atoms with van der Waals surface area (Å²) >= 11 is 5.79. The highest BCUT2D eigenvalue weighted by atomic mass is 35.5. The van der Waals surface area contributed by atoms with E-state index in [0.717, 1.165) is 25.7 Å². The van der Waals surface area contributed by atoms with Crippen LogP contribution in [0.1, 0.15) is 36.2 Å². The van der Waals surface area contributed by atoms with Crippen molar-refractivity contribution in [1.82, 2.24) is 15.1 Å². The Bertz CT molecular complexity index is 466. The quantitative estimate of drug-likeness (QED) is 0.658. The van der Waals surface area contributed by atoms with Crippen molar-refractivity contribution in [2.45, 2.75) is 25.7 Å². The number of carbonyl (C=O) groups is 1.